The number of hydrogen-bond acceptors (Lipinski definition) is 0. The van der Waals surface area contributed by atoms with Gasteiger partial charge in [-0.15, -0.1) is 0 Å². The Balaban J connectivity index is 2.39. The fourth-order valence-corrected chi connectivity index (χ4v) is 3.25. The van der Waals surface area contributed by atoms with Crippen LogP contribution in [0, 0.1) is 0 Å². The van der Waals surface area contributed by atoms with E-state index >= 15 is 0 Å². The molecule has 0 aliphatic heterocycles. The third-order valence-corrected chi connectivity index (χ3v) is 4.33. The minimum Gasteiger partial charge on any atom is -0.0843 e. The minimum absolute atomic E-state index is 0.0654. The van der Waals surface area contributed by atoms with Gasteiger partial charge in [0.2, 0.25) is 0 Å². The van der Waals surface area contributed by atoms with Crippen molar-refractivity contribution < 1.29 is 0 Å². The van der Waals surface area contributed by atoms with Gasteiger partial charge in [-0.25, -0.2) is 0 Å². The van der Waals surface area contributed by atoms with Crippen molar-refractivity contribution in [1.82, 2.24) is 0 Å². The summed E-state index contributed by atoms with van der Waals surface area (Å²) in [6.45, 7) is 4.53. The van der Waals surface area contributed by atoms with E-state index in [1.165, 1.54) is 22.3 Å². The van der Waals surface area contributed by atoms with Crippen LogP contribution in [0.25, 0.3) is 11.1 Å². The van der Waals surface area contributed by atoms with Gasteiger partial charge in [0, 0.05) is 14.9 Å². The van der Waals surface area contributed by atoms with Gasteiger partial charge in [-0.2, -0.15) is 0 Å². The summed E-state index contributed by atoms with van der Waals surface area (Å²) in [4.78, 5) is 0. The molecule has 0 nitrogen and oxygen atoms in total. The predicted octanol–water partition coefficient (Wildman–Crippen LogP) is 5.41. The Morgan fingerprint density at radius 3 is 2.24 bits per heavy atom. The second-order valence-corrected chi connectivity index (χ2v) is 6.36. The summed E-state index contributed by atoms with van der Waals surface area (Å²) in [5.41, 5.74) is 5.35. The summed E-state index contributed by atoms with van der Waals surface area (Å²) in [6.07, 6.45) is 0. The Morgan fingerprint density at radius 1 is 0.941 bits per heavy atom. The Labute approximate surface area is 115 Å². The zero-order chi connectivity index (χ0) is 12.2. The first-order chi connectivity index (χ1) is 8.00. The van der Waals surface area contributed by atoms with Gasteiger partial charge in [0.15, 0.2) is 0 Å². The van der Waals surface area contributed by atoms with Crippen LogP contribution < -0.4 is 0 Å². The molecule has 1 aliphatic rings. The Hall–Kier alpha value is -0.790. The molecule has 0 bridgehead atoms. The summed E-state index contributed by atoms with van der Waals surface area (Å²) in [6, 6.07) is 12.7. The van der Waals surface area contributed by atoms with E-state index in [0.29, 0.717) is 0 Å². The van der Waals surface area contributed by atoms with Crippen molar-refractivity contribution in [2.24, 2.45) is 0 Å². The molecule has 0 radical (unpaired) electrons. The quantitative estimate of drug-likeness (QED) is 0.610. The van der Waals surface area contributed by atoms with Gasteiger partial charge < -0.3 is 0 Å². The normalized spacial score (nSPS) is 15.5. The largest absolute Gasteiger partial charge is 0.0843 e. The van der Waals surface area contributed by atoms with E-state index in [9.17, 15) is 0 Å². The number of halogens is 2. The van der Waals surface area contributed by atoms with Crippen LogP contribution in [0.3, 0.4) is 0 Å². The van der Waals surface area contributed by atoms with Gasteiger partial charge in [-0.3, -0.25) is 0 Å². The standard InChI is InChI=1S/C15H12BrCl/c1-15(2)13-5-3-9(16)7-11(13)12-8-10(17)4-6-14(12)15/h3-8H,1-2H3. The molecule has 0 fully saturated rings. The zero-order valence-corrected chi connectivity index (χ0v) is 12.1. The van der Waals surface area contributed by atoms with E-state index in [-0.39, 0.29) is 5.41 Å². The Kier molecular flexibility index (Phi) is 2.39. The van der Waals surface area contributed by atoms with Crippen molar-refractivity contribution in [3.05, 3.63) is 57.0 Å². The Bertz CT molecular complexity index is 561. The second-order valence-electron chi connectivity index (χ2n) is 5.00. The first-order valence-electron chi connectivity index (χ1n) is 5.60. The molecular formula is C15H12BrCl. The lowest BCUT2D eigenvalue weighted by Crippen LogP contribution is -2.14. The fourth-order valence-electron chi connectivity index (χ4n) is 2.71. The second kappa shape index (κ2) is 3.60. The molecule has 86 valence electrons. The summed E-state index contributed by atoms with van der Waals surface area (Å²) in [5, 5.41) is 0.798. The molecule has 0 saturated carbocycles. The van der Waals surface area contributed by atoms with Crippen LogP contribution in [0.4, 0.5) is 0 Å². The third kappa shape index (κ3) is 1.56. The lowest BCUT2D eigenvalue weighted by atomic mass is 9.82. The maximum atomic E-state index is 6.11. The number of rotatable bonds is 0. The average molecular weight is 308 g/mol. The van der Waals surface area contributed by atoms with E-state index in [4.69, 9.17) is 11.6 Å². The first-order valence-corrected chi connectivity index (χ1v) is 6.77. The van der Waals surface area contributed by atoms with Gasteiger partial charge in [0.1, 0.15) is 0 Å². The van der Waals surface area contributed by atoms with Crippen molar-refractivity contribution >= 4 is 27.5 Å². The van der Waals surface area contributed by atoms with Crippen LogP contribution in [0.15, 0.2) is 40.9 Å². The van der Waals surface area contributed by atoms with Crippen LogP contribution in [0.2, 0.25) is 5.02 Å². The van der Waals surface area contributed by atoms with Crippen LogP contribution in [-0.2, 0) is 5.41 Å². The Morgan fingerprint density at radius 2 is 1.53 bits per heavy atom. The van der Waals surface area contributed by atoms with Crippen LogP contribution in [-0.4, -0.2) is 0 Å². The highest BCUT2D eigenvalue weighted by molar-refractivity contribution is 9.10. The number of hydrogen-bond donors (Lipinski definition) is 0. The molecule has 0 spiro atoms. The number of fused-ring (bicyclic) bond motifs is 3. The van der Waals surface area contributed by atoms with Crippen LogP contribution in [0.5, 0.6) is 0 Å². The molecule has 2 aromatic rings. The first kappa shape index (κ1) is 11.3. The van der Waals surface area contributed by atoms with Crippen LogP contribution >= 0.6 is 27.5 Å². The highest BCUT2D eigenvalue weighted by Crippen LogP contribution is 2.49. The summed E-state index contributed by atoms with van der Waals surface area (Å²) < 4.78 is 1.11. The van der Waals surface area contributed by atoms with Crippen molar-refractivity contribution in [1.29, 1.82) is 0 Å². The lowest BCUT2D eigenvalue weighted by molar-refractivity contribution is 0.660. The highest BCUT2D eigenvalue weighted by atomic mass is 79.9. The summed E-state index contributed by atoms with van der Waals surface area (Å²) in [5.74, 6) is 0. The topological polar surface area (TPSA) is 0 Å². The van der Waals surface area contributed by atoms with Gasteiger partial charge in [-0.1, -0.05) is 53.5 Å². The molecule has 1 aliphatic carbocycles. The van der Waals surface area contributed by atoms with E-state index < -0.39 is 0 Å². The molecule has 0 saturated heterocycles. The maximum absolute atomic E-state index is 6.11. The fraction of sp³-hybridized carbons (Fsp3) is 0.200. The van der Waals surface area contributed by atoms with Crippen molar-refractivity contribution in [2.45, 2.75) is 19.3 Å². The zero-order valence-electron chi connectivity index (χ0n) is 9.72. The molecule has 0 unspecified atom stereocenters. The van der Waals surface area contributed by atoms with Crippen molar-refractivity contribution in [3.63, 3.8) is 0 Å². The van der Waals surface area contributed by atoms with E-state index in [1.807, 2.05) is 6.07 Å². The van der Waals surface area contributed by atoms with E-state index in [0.717, 1.165) is 9.50 Å². The lowest BCUT2D eigenvalue weighted by Gasteiger charge is -2.21. The minimum atomic E-state index is 0.0654. The molecule has 3 rings (SSSR count). The molecular weight excluding hydrogens is 296 g/mol. The molecule has 0 N–H and O–H groups in total. The van der Waals surface area contributed by atoms with Gasteiger partial charge in [0.05, 0.1) is 0 Å². The van der Waals surface area contributed by atoms with Crippen molar-refractivity contribution in [2.75, 3.05) is 0 Å². The SMILES string of the molecule is CC1(C)c2ccc(Cl)cc2-c2cc(Br)ccc21. The molecule has 0 amide bonds. The van der Waals surface area contributed by atoms with E-state index in [1.54, 1.807) is 0 Å². The smallest absolute Gasteiger partial charge is 0.0412 e. The molecule has 17 heavy (non-hydrogen) atoms. The molecule has 0 heterocycles. The van der Waals surface area contributed by atoms with Crippen molar-refractivity contribution in [3.8, 4) is 11.1 Å². The third-order valence-electron chi connectivity index (χ3n) is 3.60. The maximum Gasteiger partial charge on any atom is 0.0412 e. The molecule has 2 aromatic carbocycles. The predicted molar refractivity (Wildman–Crippen MR) is 76.7 cm³/mol. The summed E-state index contributed by atoms with van der Waals surface area (Å²) >= 11 is 9.65. The van der Waals surface area contributed by atoms with Gasteiger partial charge in [-0.05, 0) is 46.5 Å². The number of benzene rings is 2. The van der Waals surface area contributed by atoms with E-state index in [2.05, 4.69) is 60.1 Å². The monoisotopic (exact) mass is 306 g/mol. The van der Waals surface area contributed by atoms with Crippen LogP contribution in [0.1, 0.15) is 25.0 Å². The van der Waals surface area contributed by atoms with Gasteiger partial charge >= 0.3 is 0 Å². The molecule has 0 atom stereocenters. The average Bonchev–Trinajstić information content (AvgIpc) is 2.47. The molecule has 2 heteroatoms. The summed E-state index contributed by atoms with van der Waals surface area (Å²) in [7, 11) is 0. The molecule has 0 aromatic heterocycles. The highest BCUT2D eigenvalue weighted by Gasteiger charge is 2.35. The van der Waals surface area contributed by atoms with Gasteiger partial charge in [0.25, 0.3) is 0 Å².